The molecule has 0 unspecified atom stereocenters. The molecule has 0 aliphatic carbocycles. The highest BCUT2D eigenvalue weighted by Gasteiger charge is 2.03. The summed E-state index contributed by atoms with van der Waals surface area (Å²) < 4.78 is 29.3. The third-order valence-electron chi connectivity index (χ3n) is 2.66. The molecular formula is C16H11F2IO2. The first-order valence-electron chi connectivity index (χ1n) is 6.07. The normalized spacial score (nSPS) is 11.0. The fraction of sp³-hybridized carbons (Fsp3) is 0.0625. The second kappa shape index (κ2) is 7.31. The van der Waals surface area contributed by atoms with Crippen molar-refractivity contribution in [2.45, 2.75) is 6.61 Å². The summed E-state index contributed by atoms with van der Waals surface area (Å²) in [6, 6.07) is 13.3. The minimum absolute atomic E-state index is 0.0890. The molecule has 2 aromatic rings. The van der Waals surface area contributed by atoms with Crippen LogP contribution in [-0.4, -0.2) is 12.4 Å². The topological polar surface area (TPSA) is 26.3 Å². The molecule has 0 aliphatic rings. The van der Waals surface area contributed by atoms with Crippen molar-refractivity contribution in [3.63, 3.8) is 0 Å². The Morgan fingerprint density at radius 3 is 2.24 bits per heavy atom. The van der Waals surface area contributed by atoms with E-state index in [1.165, 1.54) is 18.2 Å². The Bertz CT molecular complexity index is 634. The van der Waals surface area contributed by atoms with Crippen LogP contribution in [0, 0.1) is 3.57 Å². The highest BCUT2D eigenvalue weighted by atomic mass is 127. The van der Waals surface area contributed by atoms with E-state index in [-0.39, 0.29) is 11.5 Å². The maximum atomic E-state index is 12.0. The average Bonchev–Trinajstić information content (AvgIpc) is 2.46. The van der Waals surface area contributed by atoms with E-state index < -0.39 is 6.61 Å². The largest absolute Gasteiger partial charge is 0.435 e. The summed E-state index contributed by atoms with van der Waals surface area (Å²) >= 11 is 2.17. The first-order valence-corrected chi connectivity index (χ1v) is 7.15. The lowest BCUT2D eigenvalue weighted by Gasteiger charge is -2.03. The number of ether oxygens (including phenoxy) is 1. The lowest BCUT2D eigenvalue weighted by Crippen LogP contribution is -2.01. The van der Waals surface area contributed by atoms with Crippen LogP contribution in [0.1, 0.15) is 15.9 Å². The number of hydrogen-bond acceptors (Lipinski definition) is 2. The van der Waals surface area contributed by atoms with Gasteiger partial charge in [-0.25, -0.2) is 0 Å². The molecular weight excluding hydrogens is 389 g/mol. The van der Waals surface area contributed by atoms with Crippen LogP contribution in [0.25, 0.3) is 6.08 Å². The second-order valence-corrected chi connectivity index (χ2v) is 5.40. The van der Waals surface area contributed by atoms with Gasteiger partial charge in [-0.15, -0.1) is 0 Å². The zero-order valence-electron chi connectivity index (χ0n) is 10.8. The summed E-state index contributed by atoms with van der Waals surface area (Å²) in [7, 11) is 0. The molecule has 5 heteroatoms. The van der Waals surface area contributed by atoms with Gasteiger partial charge >= 0.3 is 6.61 Å². The predicted octanol–water partition coefficient (Wildman–Crippen LogP) is 4.79. The number of hydrogen-bond donors (Lipinski definition) is 0. The molecule has 0 heterocycles. The molecule has 2 rings (SSSR count). The molecule has 0 radical (unpaired) electrons. The van der Waals surface area contributed by atoms with E-state index in [4.69, 9.17) is 0 Å². The molecule has 0 aliphatic heterocycles. The van der Waals surface area contributed by atoms with Crippen LogP contribution in [0.15, 0.2) is 54.6 Å². The van der Waals surface area contributed by atoms with Crippen LogP contribution in [0.2, 0.25) is 0 Å². The van der Waals surface area contributed by atoms with Gasteiger partial charge in [-0.2, -0.15) is 8.78 Å². The van der Waals surface area contributed by atoms with Gasteiger partial charge in [0.1, 0.15) is 5.75 Å². The summed E-state index contributed by atoms with van der Waals surface area (Å²) in [5.74, 6) is -0.0228. The lowest BCUT2D eigenvalue weighted by atomic mass is 10.1. The minimum Gasteiger partial charge on any atom is -0.435 e. The highest BCUT2D eigenvalue weighted by molar-refractivity contribution is 14.1. The predicted molar refractivity (Wildman–Crippen MR) is 85.6 cm³/mol. The van der Waals surface area contributed by atoms with Gasteiger partial charge in [-0.1, -0.05) is 30.3 Å². The Kier molecular flexibility index (Phi) is 5.44. The Morgan fingerprint density at radius 1 is 1.05 bits per heavy atom. The molecule has 2 nitrogen and oxygen atoms in total. The lowest BCUT2D eigenvalue weighted by molar-refractivity contribution is -0.0498. The van der Waals surface area contributed by atoms with E-state index in [0.717, 1.165) is 9.13 Å². The molecule has 0 fully saturated rings. The number of allylic oxidation sites excluding steroid dienone is 1. The Hall–Kier alpha value is -1.76. The highest BCUT2D eigenvalue weighted by Crippen LogP contribution is 2.16. The van der Waals surface area contributed by atoms with Gasteiger partial charge in [0.25, 0.3) is 0 Å². The quantitative estimate of drug-likeness (QED) is 0.410. The number of ketones is 1. The van der Waals surface area contributed by atoms with Gasteiger partial charge in [0.2, 0.25) is 0 Å². The Labute approximate surface area is 134 Å². The van der Waals surface area contributed by atoms with E-state index in [2.05, 4.69) is 27.3 Å². The third-order valence-corrected chi connectivity index (χ3v) is 3.38. The van der Waals surface area contributed by atoms with Crippen molar-refractivity contribution in [2.75, 3.05) is 0 Å². The second-order valence-electron chi connectivity index (χ2n) is 4.15. The first-order chi connectivity index (χ1) is 10.0. The Morgan fingerprint density at radius 2 is 1.67 bits per heavy atom. The van der Waals surface area contributed by atoms with Crippen LogP contribution in [-0.2, 0) is 0 Å². The van der Waals surface area contributed by atoms with Crippen LogP contribution < -0.4 is 4.74 Å². The summed E-state index contributed by atoms with van der Waals surface area (Å²) in [6.07, 6.45) is 3.08. The molecule has 0 saturated carbocycles. The van der Waals surface area contributed by atoms with Crippen molar-refractivity contribution in [1.82, 2.24) is 0 Å². The van der Waals surface area contributed by atoms with Crippen molar-refractivity contribution >= 4 is 34.5 Å². The standard InChI is InChI=1S/C16H11F2IO2/c17-16(18)21-14-8-1-11(2-9-14)3-10-15(20)12-4-6-13(19)7-5-12/h1-10,16H. The maximum absolute atomic E-state index is 12.0. The number of carbonyl (C=O) groups is 1. The van der Waals surface area contributed by atoms with E-state index in [1.807, 2.05) is 12.1 Å². The minimum atomic E-state index is -2.84. The van der Waals surface area contributed by atoms with Crippen molar-refractivity contribution in [1.29, 1.82) is 0 Å². The van der Waals surface area contributed by atoms with E-state index in [9.17, 15) is 13.6 Å². The van der Waals surface area contributed by atoms with E-state index in [0.29, 0.717) is 5.56 Å². The molecule has 0 N–H and O–H groups in total. The van der Waals surface area contributed by atoms with Crippen molar-refractivity contribution < 1.29 is 18.3 Å². The van der Waals surface area contributed by atoms with Crippen LogP contribution in [0.5, 0.6) is 5.75 Å². The van der Waals surface area contributed by atoms with Crippen LogP contribution in [0.4, 0.5) is 8.78 Å². The number of rotatable bonds is 5. The zero-order chi connectivity index (χ0) is 15.2. The average molecular weight is 400 g/mol. The molecule has 108 valence electrons. The summed E-state index contributed by atoms with van der Waals surface area (Å²) in [6.45, 7) is -2.84. The molecule has 2 aromatic carbocycles. The molecule has 0 spiro atoms. The van der Waals surface area contributed by atoms with E-state index >= 15 is 0 Å². The third kappa shape index (κ3) is 4.93. The van der Waals surface area contributed by atoms with Gasteiger partial charge in [0, 0.05) is 9.13 Å². The van der Waals surface area contributed by atoms with Gasteiger partial charge in [-0.3, -0.25) is 4.79 Å². The van der Waals surface area contributed by atoms with Gasteiger partial charge in [-0.05, 0) is 58.5 Å². The van der Waals surface area contributed by atoms with Gasteiger partial charge in [0.05, 0.1) is 0 Å². The fourth-order valence-corrected chi connectivity index (χ4v) is 2.00. The van der Waals surface area contributed by atoms with Crippen molar-refractivity contribution in [2.24, 2.45) is 0 Å². The molecule has 0 atom stereocenters. The number of benzene rings is 2. The molecule has 0 saturated heterocycles. The smallest absolute Gasteiger partial charge is 0.387 e. The molecule has 0 aromatic heterocycles. The first kappa shape index (κ1) is 15.6. The number of alkyl halides is 2. The van der Waals surface area contributed by atoms with Crippen LogP contribution in [0.3, 0.4) is 0 Å². The summed E-state index contributed by atoms with van der Waals surface area (Å²) in [5.41, 5.74) is 1.33. The number of carbonyl (C=O) groups excluding carboxylic acids is 1. The Balaban J connectivity index is 2.03. The van der Waals surface area contributed by atoms with Crippen LogP contribution >= 0.6 is 22.6 Å². The molecule has 0 bridgehead atoms. The summed E-state index contributed by atoms with van der Waals surface area (Å²) in [4.78, 5) is 11.9. The molecule has 21 heavy (non-hydrogen) atoms. The van der Waals surface area contributed by atoms with Gasteiger partial charge < -0.3 is 4.74 Å². The van der Waals surface area contributed by atoms with Crippen molar-refractivity contribution in [3.8, 4) is 5.75 Å². The maximum Gasteiger partial charge on any atom is 0.387 e. The zero-order valence-corrected chi connectivity index (χ0v) is 13.0. The number of halogens is 3. The SMILES string of the molecule is O=C(C=Cc1ccc(OC(F)F)cc1)c1ccc(I)cc1. The van der Waals surface area contributed by atoms with Gasteiger partial charge in [0.15, 0.2) is 5.78 Å². The monoisotopic (exact) mass is 400 g/mol. The molecule has 0 amide bonds. The van der Waals surface area contributed by atoms with E-state index in [1.54, 1.807) is 30.3 Å². The fourth-order valence-electron chi connectivity index (χ4n) is 1.64. The summed E-state index contributed by atoms with van der Waals surface area (Å²) in [5, 5.41) is 0. The van der Waals surface area contributed by atoms with Crippen molar-refractivity contribution in [3.05, 3.63) is 69.3 Å².